The van der Waals surface area contributed by atoms with Gasteiger partial charge in [-0.3, -0.25) is 10.2 Å². The van der Waals surface area contributed by atoms with E-state index in [-0.39, 0.29) is 23.6 Å². The van der Waals surface area contributed by atoms with Crippen LogP contribution in [0.15, 0.2) is 44.6 Å². The van der Waals surface area contributed by atoms with Crippen molar-refractivity contribution < 1.29 is 19.8 Å². The van der Waals surface area contributed by atoms with Gasteiger partial charge in [0.15, 0.2) is 4.34 Å². The Kier molecular flexibility index (Phi) is 5.87. The Morgan fingerprint density at radius 1 is 1.31 bits per heavy atom. The normalized spacial score (nSPS) is 23.1. The molecule has 4 atom stereocenters. The van der Waals surface area contributed by atoms with Crippen LogP contribution in [0.4, 0.5) is 0 Å². The number of rotatable bonds is 6. The minimum Gasteiger partial charge on any atom is -0.477 e. The van der Waals surface area contributed by atoms with E-state index in [0.29, 0.717) is 15.1 Å². The number of carbonyl (C=O) groups is 2. The Labute approximate surface area is 194 Å². The molecule has 0 bridgehead atoms. The van der Waals surface area contributed by atoms with Gasteiger partial charge in [0.05, 0.1) is 23.8 Å². The first-order valence-corrected chi connectivity index (χ1v) is 11.8. The maximum Gasteiger partial charge on any atom is 0.353 e. The van der Waals surface area contributed by atoms with Gasteiger partial charge in [-0.2, -0.15) is 0 Å². The number of benzene rings is 1. The van der Waals surface area contributed by atoms with Gasteiger partial charge in [-0.05, 0) is 6.92 Å². The molecule has 1 amide bonds. The van der Waals surface area contributed by atoms with Gasteiger partial charge < -0.3 is 20.0 Å². The van der Waals surface area contributed by atoms with Gasteiger partial charge in [-0.1, -0.05) is 43.0 Å². The fourth-order valence-corrected chi connectivity index (χ4v) is 6.34. The number of hydrogen-bond acceptors (Lipinski definition) is 7. The zero-order chi connectivity index (χ0) is 23.3. The molecule has 0 radical (unpaired) electrons. The summed E-state index contributed by atoms with van der Waals surface area (Å²) < 4.78 is 0.689. The van der Waals surface area contributed by atoms with Crippen LogP contribution in [0.25, 0.3) is 11.3 Å². The van der Waals surface area contributed by atoms with E-state index < -0.39 is 18.0 Å². The number of aliphatic hydroxyl groups excluding tert-OH is 1. The summed E-state index contributed by atoms with van der Waals surface area (Å²) >= 11 is 2.69. The molecule has 0 aliphatic carbocycles. The molecule has 8 nitrogen and oxygen atoms in total. The molecule has 0 saturated carbocycles. The third-order valence-corrected chi connectivity index (χ3v) is 8.12. The largest absolute Gasteiger partial charge is 0.477 e. The van der Waals surface area contributed by atoms with Crippen molar-refractivity contribution in [2.75, 3.05) is 14.1 Å². The number of aliphatic carboxylic acids is 1. The van der Waals surface area contributed by atoms with Crippen LogP contribution in [0, 0.1) is 17.2 Å². The highest BCUT2D eigenvalue weighted by molar-refractivity contribution is 8.04. The monoisotopic (exact) mass is 472 g/mol. The molecule has 1 aromatic heterocycles. The summed E-state index contributed by atoms with van der Waals surface area (Å²) in [6.07, 6.45) is -0.825. The number of carbonyl (C=O) groups excluding carboxylic acids is 1. The second-order valence-electron chi connectivity index (χ2n) is 8.19. The Hall–Kier alpha value is -2.69. The summed E-state index contributed by atoms with van der Waals surface area (Å²) in [6.45, 7) is 3.46. The lowest BCUT2D eigenvalue weighted by atomic mass is 9.79. The molecular weight excluding hydrogens is 448 g/mol. The number of thioether (sulfide) groups is 1. The topological polar surface area (TPSA) is 118 Å². The molecule has 2 aliphatic rings. The van der Waals surface area contributed by atoms with Gasteiger partial charge in [0.1, 0.15) is 11.5 Å². The van der Waals surface area contributed by atoms with Crippen molar-refractivity contribution >= 4 is 40.8 Å². The van der Waals surface area contributed by atoms with Crippen molar-refractivity contribution in [1.29, 1.82) is 5.41 Å². The summed E-state index contributed by atoms with van der Waals surface area (Å²) in [5.74, 6) is -1.84. The van der Waals surface area contributed by atoms with Crippen molar-refractivity contribution in [3.05, 3.63) is 45.8 Å². The quantitative estimate of drug-likeness (QED) is 0.336. The number of nitrogens with zero attached hydrogens (tertiary/aromatic N) is 3. The molecule has 0 spiro atoms. The molecule has 0 unspecified atom stereocenters. The number of thiazole rings is 1. The number of amidine groups is 1. The number of nitrogens with one attached hydrogen (secondary N) is 1. The van der Waals surface area contributed by atoms with E-state index in [9.17, 15) is 19.8 Å². The predicted octanol–water partition coefficient (Wildman–Crippen LogP) is 2.94. The summed E-state index contributed by atoms with van der Waals surface area (Å²) in [5.41, 5.74) is 2.48. The number of amides is 1. The van der Waals surface area contributed by atoms with E-state index in [4.69, 9.17) is 5.41 Å². The second-order valence-corrected chi connectivity index (χ2v) is 10.3. The fourth-order valence-electron chi connectivity index (χ4n) is 4.24. The molecule has 2 aliphatic heterocycles. The number of fused-ring (bicyclic) bond motifs is 1. The van der Waals surface area contributed by atoms with E-state index in [1.165, 1.54) is 28.0 Å². The molecule has 3 N–H and O–H groups in total. The van der Waals surface area contributed by atoms with Crippen LogP contribution in [0.5, 0.6) is 0 Å². The summed E-state index contributed by atoms with van der Waals surface area (Å²) in [7, 11) is 3.65. The Bertz CT molecular complexity index is 1120. The van der Waals surface area contributed by atoms with E-state index in [1.807, 2.05) is 50.7 Å². The zero-order valence-electron chi connectivity index (χ0n) is 18.1. The predicted molar refractivity (Wildman–Crippen MR) is 124 cm³/mol. The maximum atomic E-state index is 12.5. The highest BCUT2D eigenvalue weighted by atomic mass is 32.2. The SMILES string of the molecule is C[C@@H](O)[C@H]1C(=O)N2C(C(=O)O)=C(Sc3nc(-c4ccc(C(=N)N(C)C)cc4)cs3)[C@H](C)[C@H]12. The third kappa shape index (κ3) is 3.62. The van der Waals surface area contributed by atoms with Gasteiger partial charge in [-0.25, -0.2) is 9.78 Å². The van der Waals surface area contributed by atoms with Crippen molar-refractivity contribution in [2.24, 2.45) is 11.8 Å². The van der Waals surface area contributed by atoms with E-state index in [0.717, 1.165) is 16.8 Å². The molecule has 168 valence electrons. The number of hydrogen-bond donors (Lipinski definition) is 3. The van der Waals surface area contributed by atoms with Crippen molar-refractivity contribution in [3.63, 3.8) is 0 Å². The Morgan fingerprint density at radius 2 is 1.97 bits per heavy atom. The summed E-state index contributed by atoms with van der Waals surface area (Å²) in [5, 5.41) is 29.7. The standard InChI is InChI=1S/C22H24N4O4S2/c1-10-16-15(11(2)27)20(28)26(16)17(21(29)30)18(10)32-22-24-14(9-31-22)12-5-7-13(8-6-12)19(23)25(3)4/h5-11,15-16,23,27H,1-4H3,(H,29,30)/t10-,11-,15-,16-/m1/s1. The lowest BCUT2D eigenvalue weighted by molar-refractivity contribution is -0.163. The molecule has 1 fully saturated rings. The van der Waals surface area contributed by atoms with Crippen LogP contribution in [-0.2, 0) is 9.59 Å². The minimum atomic E-state index is -1.14. The Morgan fingerprint density at radius 3 is 2.53 bits per heavy atom. The average molecular weight is 473 g/mol. The first-order chi connectivity index (χ1) is 15.1. The van der Waals surface area contributed by atoms with E-state index in [1.54, 1.807) is 11.8 Å². The van der Waals surface area contributed by atoms with Gasteiger partial charge in [0.25, 0.3) is 0 Å². The Balaban J connectivity index is 1.57. The molecule has 1 saturated heterocycles. The maximum absolute atomic E-state index is 12.5. The van der Waals surface area contributed by atoms with Crippen LogP contribution < -0.4 is 0 Å². The average Bonchev–Trinajstić information content (AvgIpc) is 3.29. The highest BCUT2D eigenvalue weighted by Gasteiger charge is 2.60. The number of carboxylic acids is 1. The molecule has 3 heterocycles. The lowest BCUT2D eigenvalue weighted by Crippen LogP contribution is -2.63. The minimum absolute atomic E-state index is 0.00213. The first-order valence-electron chi connectivity index (χ1n) is 10.1. The lowest BCUT2D eigenvalue weighted by Gasteiger charge is -2.46. The fraction of sp³-hybridized carbons (Fsp3) is 0.364. The molecule has 1 aromatic carbocycles. The molecular formula is C22H24N4O4S2. The molecule has 10 heteroatoms. The third-order valence-electron chi connectivity index (χ3n) is 5.89. The first kappa shape index (κ1) is 22.5. The van der Waals surface area contributed by atoms with Crippen molar-refractivity contribution in [1.82, 2.24) is 14.8 Å². The van der Waals surface area contributed by atoms with Gasteiger partial charge in [-0.15, -0.1) is 11.3 Å². The second kappa shape index (κ2) is 8.34. The smallest absolute Gasteiger partial charge is 0.353 e. The molecule has 4 rings (SSSR count). The van der Waals surface area contributed by atoms with Gasteiger partial charge in [0, 0.05) is 41.4 Å². The van der Waals surface area contributed by atoms with E-state index >= 15 is 0 Å². The van der Waals surface area contributed by atoms with Crippen molar-refractivity contribution in [3.8, 4) is 11.3 Å². The van der Waals surface area contributed by atoms with Gasteiger partial charge in [0.2, 0.25) is 5.91 Å². The van der Waals surface area contributed by atoms with Crippen molar-refractivity contribution in [2.45, 2.75) is 30.3 Å². The van der Waals surface area contributed by atoms with Crippen LogP contribution in [0.2, 0.25) is 0 Å². The van der Waals surface area contributed by atoms with Crippen LogP contribution in [0.1, 0.15) is 19.4 Å². The number of β-lactam (4-membered cyclic amide) rings is 1. The highest BCUT2D eigenvalue weighted by Crippen LogP contribution is 2.52. The van der Waals surface area contributed by atoms with E-state index in [2.05, 4.69) is 4.98 Å². The van der Waals surface area contributed by atoms with Crippen LogP contribution >= 0.6 is 23.1 Å². The van der Waals surface area contributed by atoms with Crippen LogP contribution in [-0.4, -0.2) is 69.0 Å². The summed E-state index contributed by atoms with van der Waals surface area (Å²) in [4.78, 5) is 32.7. The number of aliphatic hydroxyl groups is 1. The summed E-state index contributed by atoms with van der Waals surface area (Å²) in [6, 6.07) is 7.24. The molecule has 2 aromatic rings. The number of aromatic nitrogens is 1. The van der Waals surface area contributed by atoms with Gasteiger partial charge >= 0.3 is 5.97 Å². The van der Waals surface area contributed by atoms with Crippen LogP contribution in [0.3, 0.4) is 0 Å². The zero-order valence-corrected chi connectivity index (χ0v) is 19.7. The molecule has 32 heavy (non-hydrogen) atoms. The number of carboxylic acid groups (broad SMARTS) is 1.